The molecular weight excluding hydrogens is 370 g/mol. The Labute approximate surface area is 178 Å². The standard InChI is InChI=1S/C27H29NO2/c1-3-30-24(29)27(23-17-11-6-12-18-23)25(2,28)26(27,19-21-13-7-4-8-14-21)20-22-15-9-5-10-16-22/h4-18H,3,19-20,28H2,1-2H3. The van der Waals surface area contributed by atoms with E-state index in [2.05, 4.69) is 24.3 Å². The number of hydrogen-bond acceptors (Lipinski definition) is 3. The first kappa shape index (κ1) is 20.4. The smallest absolute Gasteiger partial charge is 0.319 e. The first-order valence-electron chi connectivity index (χ1n) is 10.6. The van der Waals surface area contributed by atoms with Crippen LogP contribution in [0.1, 0.15) is 30.5 Å². The second-order valence-corrected chi connectivity index (χ2v) is 8.45. The summed E-state index contributed by atoms with van der Waals surface area (Å²) in [5.41, 5.74) is 8.18. The second kappa shape index (κ2) is 7.73. The molecule has 0 bridgehead atoms. The van der Waals surface area contributed by atoms with Gasteiger partial charge in [0, 0.05) is 11.0 Å². The highest BCUT2D eigenvalue weighted by Gasteiger charge is 2.87. The zero-order chi connectivity index (χ0) is 21.2. The van der Waals surface area contributed by atoms with Crippen LogP contribution >= 0.6 is 0 Å². The molecule has 0 heterocycles. The molecule has 2 unspecified atom stereocenters. The number of carbonyl (C=O) groups is 1. The SMILES string of the molecule is CCOC(=O)C1(c2ccccc2)C(C)(N)C1(Cc1ccccc1)Cc1ccccc1. The van der Waals surface area contributed by atoms with Crippen molar-refractivity contribution in [2.75, 3.05) is 6.61 Å². The van der Waals surface area contributed by atoms with E-state index in [9.17, 15) is 4.79 Å². The Balaban J connectivity index is 1.91. The number of ether oxygens (including phenoxy) is 1. The summed E-state index contributed by atoms with van der Waals surface area (Å²) >= 11 is 0. The van der Waals surface area contributed by atoms with Gasteiger partial charge in [0.05, 0.1) is 6.61 Å². The number of benzene rings is 3. The van der Waals surface area contributed by atoms with Crippen molar-refractivity contribution in [3.63, 3.8) is 0 Å². The van der Waals surface area contributed by atoms with Crippen molar-refractivity contribution in [1.82, 2.24) is 0 Å². The quantitative estimate of drug-likeness (QED) is 0.587. The predicted molar refractivity (Wildman–Crippen MR) is 120 cm³/mol. The van der Waals surface area contributed by atoms with Crippen LogP contribution in [0.15, 0.2) is 91.0 Å². The summed E-state index contributed by atoms with van der Waals surface area (Å²) in [7, 11) is 0. The van der Waals surface area contributed by atoms with Crippen LogP contribution in [0.25, 0.3) is 0 Å². The average molecular weight is 400 g/mol. The Morgan fingerprint density at radius 3 is 1.67 bits per heavy atom. The Kier molecular flexibility index (Phi) is 5.25. The highest BCUT2D eigenvalue weighted by molar-refractivity contribution is 5.93. The van der Waals surface area contributed by atoms with Crippen LogP contribution in [0.5, 0.6) is 0 Å². The highest BCUT2D eigenvalue weighted by Crippen LogP contribution is 2.74. The van der Waals surface area contributed by atoms with Gasteiger partial charge in [0.15, 0.2) is 0 Å². The van der Waals surface area contributed by atoms with Crippen LogP contribution in [-0.4, -0.2) is 18.1 Å². The van der Waals surface area contributed by atoms with Crippen LogP contribution in [0, 0.1) is 5.41 Å². The van der Waals surface area contributed by atoms with E-state index in [-0.39, 0.29) is 5.97 Å². The summed E-state index contributed by atoms with van der Waals surface area (Å²) in [6.07, 6.45) is 1.40. The molecule has 3 aromatic rings. The number of nitrogens with two attached hydrogens (primary N) is 1. The molecule has 3 heteroatoms. The number of esters is 1. The number of carbonyl (C=O) groups excluding carboxylic acids is 1. The van der Waals surface area contributed by atoms with E-state index >= 15 is 0 Å². The first-order valence-corrected chi connectivity index (χ1v) is 10.6. The Morgan fingerprint density at radius 1 is 0.800 bits per heavy atom. The maximum atomic E-state index is 13.6. The molecule has 0 spiro atoms. The van der Waals surface area contributed by atoms with Gasteiger partial charge in [-0.15, -0.1) is 0 Å². The molecule has 154 valence electrons. The van der Waals surface area contributed by atoms with Gasteiger partial charge in [-0.3, -0.25) is 4.79 Å². The maximum Gasteiger partial charge on any atom is 0.319 e. The van der Waals surface area contributed by atoms with E-state index in [1.807, 2.05) is 80.6 Å². The molecule has 0 aromatic heterocycles. The molecule has 1 saturated carbocycles. The number of rotatable bonds is 7. The average Bonchev–Trinajstić information content (AvgIpc) is 3.18. The molecule has 0 saturated heterocycles. The van der Waals surface area contributed by atoms with Gasteiger partial charge < -0.3 is 10.5 Å². The van der Waals surface area contributed by atoms with Crippen molar-refractivity contribution < 1.29 is 9.53 Å². The van der Waals surface area contributed by atoms with E-state index in [1.165, 1.54) is 11.1 Å². The van der Waals surface area contributed by atoms with Crippen molar-refractivity contribution >= 4 is 5.97 Å². The summed E-state index contributed by atoms with van der Waals surface area (Å²) in [5, 5.41) is 0. The first-order chi connectivity index (χ1) is 14.5. The van der Waals surface area contributed by atoms with E-state index in [0.717, 1.165) is 5.56 Å². The van der Waals surface area contributed by atoms with Gasteiger partial charge in [-0.25, -0.2) is 0 Å². The summed E-state index contributed by atoms with van der Waals surface area (Å²) in [5.74, 6) is -0.229. The summed E-state index contributed by atoms with van der Waals surface area (Å²) in [6.45, 7) is 4.20. The lowest BCUT2D eigenvalue weighted by atomic mass is 9.78. The minimum absolute atomic E-state index is 0.229. The van der Waals surface area contributed by atoms with Crippen LogP contribution in [0.4, 0.5) is 0 Å². The Morgan fingerprint density at radius 2 is 1.23 bits per heavy atom. The molecule has 2 N–H and O–H groups in total. The fourth-order valence-corrected chi connectivity index (χ4v) is 5.51. The van der Waals surface area contributed by atoms with Crippen molar-refractivity contribution in [3.05, 3.63) is 108 Å². The minimum atomic E-state index is -0.914. The molecule has 30 heavy (non-hydrogen) atoms. The van der Waals surface area contributed by atoms with Gasteiger partial charge in [0.1, 0.15) is 5.41 Å². The molecule has 0 aliphatic heterocycles. The summed E-state index contributed by atoms with van der Waals surface area (Å²) < 4.78 is 5.67. The van der Waals surface area contributed by atoms with E-state index in [4.69, 9.17) is 10.5 Å². The van der Waals surface area contributed by atoms with E-state index in [0.29, 0.717) is 19.4 Å². The van der Waals surface area contributed by atoms with Gasteiger partial charge in [-0.1, -0.05) is 91.0 Å². The van der Waals surface area contributed by atoms with Crippen molar-refractivity contribution in [2.24, 2.45) is 11.1 Å². The van der Waals surface area contributed by atoms with Gasteiger partial charge in [0.2, 0.25) is 0 Å². The van der Waals surface area contributed by atoms with Crippen LogP contribution in [-0.2, 0) is 27.8 Å². The monoisotopic (exact) mass is 399 g/mol. The number of hydrogen-bond donors (Lipinski definition) is 1. The van der Waals surface area contributed by atoms with E-state index < -0.39 is 16.4 Å². The summed E-state index contributed by atoms with van der Waals surface area (Å²) in [6, 6.07) is 30.6. The normalized spacial score (nSPS) is 24.2. The Hall–Kier alpha value is -2.91. The van der Waals surface area contributed by atoms with Gasteiger partial charge in [0.25, 0.3) is 0 Å². The lowest BCUT2D eigenvalue weighted by Gasteiger charge is -2.25. The molecule has 0 radical (unpaired) electrons. The van der Waals surface area contributed by atoms with Crippen molar-refractivity contribution in [3.8, 4) is 0 Å². The van der Waals surface area contributed by atoms with Crippen LogP contribution in [0.3, 0.4) is 0 Å². The van der Waals surface area contributed by atoms with Crippen molar-refractivity contribution in [2.45, 2.75) is 37.6 Å². The minimum Gasteiger partial charge on any atom is -0.465 e. The Bertz CT molecular complexity index is 957. The fraction of sp³-hybridized carbons (Fsp3) is 0.296. The molecule has 1 aliphatic rings. The van der Waals surface area contributed by atoms with Crippen LogP contribution < -0.4 is 5.73 Å². The second-order valence-electron chi connectivity index (χ2n) is 8.45. The molecule has 3 nitrogen and oxygen atoms in total. The zero-order valence-electron chi connectivity index (χ0n) is 17.7. The predicted octanol–water partition coefficient (Wildman–Crippen LogP) is 4.69. The molecule has 1 aliphatic carbocycles. The molecule has 3 aromatic carbocycles. The van der Waals surface area contributed by atoms with E-state index in [1.54, 1.807) is 0 Å². The van der Waals surface area contributed by atoms with Crippen LogP contribution in [0.2, 0.25) is 0 Å². The lowest BCUT2D eigenvalue weighted by molar-refractivity contribution is -0.147. The largest absolute Gasteiger partial charge is 0.465 e. The molecular formula is C27H29NO2. The topological polar surface area (TPSA) is 52.3 Å². The van der Waals surface area contributed by atoms with Crippen molar-refractivity contribution in [1.29, 1.82) is 0 Å². The molecule has 0 amide bonds. The molecule has 2 atom stereocenters. The maximum absolute atomic E-state index is 13.6. The lowest BCUT2D eigenvalue weighted by Crippen LogP contribution is -2.37. The molecule has 1 fully saturated rings. The van der Waals surface area contributed by atoms with Gasteiger partial charge >= 0.3 is 5.97 Å². The van der Waals surface area contributed by atoms with Gasteiger partial charge in [-0.2, -0.15) is 0 Å². The third-order valence-electron chi connectivity index (χ3n) is 6.91. The third-order valence-corrected chi connectivity index (χ3v) is 6.91. The molecule has 4 rings (SSSR count). The highest BCUT2D eigenvalue weighted by atomic mass is 16.5. The third kappa shape index (κ3) is 2.88. The zero-order valence-corrected chi connectivity index (χ0v) is 17.7. The van der Waals surface area contributed by atoms with Gasteiger partial charge in [-0.05, 0) is 43.4 Å². The fourth-order valence-electron chi connectivity index (χ4n) is 5.51. The summed E-state index contributed by atoms with van der Waals surface area (Å²) in [4.78, 5) is 13.6.